The molecule has 0 spiro atoms. The summed E-state index contributed by atoms with van der Waals surface area (Å²) in [5, 5.41) is 0. The van der Waals surface area contributed by atoms with E-state index in [1.165, 1.54) is 6.08 Å². The van der Waals surface area contributed by atoms with Gasteiger partial charge in [-0.2, -0.15) is 0 Å². The third-order valence-electron chi connectivity index (χ3n) is 2.86. The zero-order valence-electron chi connectivity index (χ0n) is 11.2. The molecule has 2 rings (SSSR count). The summed E-state index contributed by atoms with van der Waals surface area (Å²) in [6, 6.07) is 3.65. The van der Waals surface area contributed by atoms with E-state index in [1.807, 2.05) is 0 Å². The molecule has 1 heterocycles. The van der Waals surface area contributed by atoms with Gasteiger partial charge >= 0.3 is 5.97 Å². The molecule has 108 valence electrons. The second-order valence-electron chi connectivity index (χ2n) is 4.48. The van der Waals surface area contributed by atoms with E-state index >= 15 is 0 Å². The highest BCUT2D eigenvalue weighted by molar-refractivity contribution is 9.10. The molecule has 20 heavy (non-hydrogen) atoms. The van der Waals surface area contributed by atoms with Crippen LogP contribution in [0.2, 0.25) is 0 Å². The number of hydrogen-bond donors (Lipinski definition) is 0. The molecule has 0 N–H and O–H groups in total. The lowest BCUT2D eigenvalue weighted by Gasteiger charge is -2.19. The molecule has 0 aliphatic heterocycles. The van der Waals surface area contributed by atoms with Crippen LogP contribution >= 0.6 is 15.9 Å². The normalized spacial score (nSPS) is 14.5. The predicted octanol–water partition coefficient (Wildman–Crippen LogP) is 2.61. The number of furan rings is 1. The SMILES string of the molecule is CCOC(=O)CN(C(=O)C=Cc1ccc(Br)o1)C1CC1. The Labute approximate surface area is 125 Å². The van der Waals surface area contributed by atoms with E-state index in [-0.39, 0.29) is 24.5 Å². The summed E-state index contributed by atoms with van der Waals surface area (Å²) in [7, 11) is 0. The van der Waals surface area contributed by atoms with E-state index < -0.39 is 0 Å². The van der Waals surface area contributed by atoms with Crippen molar-refractivity contribution in [3.63, 3.8) is 0 Å². The van der Waals surface area contributed by atoms with Gasteiger partial charge in [0.1, 0.15) is 12.3 Å². The average molecular weight is 342 g/mol. The van der Waals surface area contributed by atoms with Gasteiger partial charge in [0, 0.05) is 12.1 Å². The van der Waals surface area contributed by atoms with Gasteiger partial charge in [0.25, 0.3) is 0 Å². The first kappa shape index (κ1) is 14.8. The van der Waals surface area contributed by atoms with Crippen LogP contribution in [0.4, 0.5) is 0 Å². The van der Waals surface area contributed by atoms with Crippen molar-refractivity contribution < 1.29 is 18.7 Å². The van der Waals surface area contributed by atoms with Crippen molar-refractivity contribution in [3.8, 4) is 0 Å². The lowest BCUT2D eigenvalue weighted by Crippen LogP contribution is -2.37. The lowest BCUT2D eigenvalue weighted by atomic mass is 10.3. The number of nitrogens with zero attached hydrogens (tertiary/aromatic N) is 1. The molecule has 0 aromatic carbocycles. The van der Waals surface area contributed by atoms with Gasteiger partial charge in [-0.25, -0.2) is 0 Å². The molecule has 1 aromatic heterocycles. The number of amides is 1. The molecule has 0 unspecified atom stereocenters. The fraction of sp³-hybridized carbons (Fsp3) is 0.429. The molecular weight excluding hydrogens is 326 g/mol. The van der Waals surface area contributed by atoms with Crippen molar-refractivity contribution in [1.29, 1.82) is 0 Å². The monoisotopic (exact) mass is 341 g/mol. The van der Waals surface area contributed by atoms with E-state index in [2.05, 4.69) is 15.9 Å². The van der Waals surface area contributed by atoms with Crippen LogP contribution in [0.25, 0.3) is 6.08 Å². The highest BCUT2D eigenvalue weighted by atomic mass is 79.9. The van der Waals surface area contributed by atoms with Crippen molar-refractivity contribution in [1.82, 2.24) is 4.90 Å². The van der Waals surface area contributed by atoms with Gasteiger partial charge in [0.05, 0.1) is 6.61 Å². The van der Waals surface area contributed by atoms with Crippen molar-refractivity contribution in [2.75, 3.05) is 13.2 Å². The van der Waals surface area contributed by atoms with Gasteiger partial charge in [0.2, 0.25) is 5.91 Å². The number of esters is 1. The molecule has 0 saturated heterocycles. The lowest BCUT2D eigenvalue weighted by molar-refractivity contribution is -0.148. The summed E-state index contributed by atoms with van der Waals surface area (Å²) in [5.74, 6) is 0.00655. The summed E-state index contributed by atoms with van der Waals surface area (Å²) >= 11 is 3.19. The smallest absolute Gasteiger partial charge is 0.325 e. The second-order valence-corrected chi connectivity index (χ2v) is 5.26. The minimum Gasteiger partial charge on any atom is -0.465 e. The minimum atomic E-state index is -0.373. The van der Waals surface area contributed by atoms with Crippen molar-refractivity contribution in [3.05, 3.63) is 28.6 Å². The largest absolute Gasteiger partial charge is 0.465 e. The van der Waals surface area contributed by atoms with Gasteiger partial charge < -0.3 is 14.1 Å². The molecule has 6 heteroatoms. The van der Waals surface area contributed by atoms with Crippen LogP contribution in [0.3, 0.4) is 0 Å². The van der Waals surface area contributed by atoms with E-state index in [0.717, 1.165) is 12.8 Å². The highest BCUT2D eigenvalue weighted by Gasteiger charge is 2.33. The van der Waals surface area contributed by atoms with Crippen LogP contribution in [-0.2, 0) is 14.3 Å². The van der Waals surface area contributed by atoms with Gasteiger partial charge in [-0.15, -0.1) is 0 Å². The van der Waals surface area contributed by atoms with Crippen LogP contribution < -0.4 is 0 Å². The number of carbonyl (C=O) groups excluding carboxylic acids is 2. The van der Waals surface area contributed by atoms with E-state index in [1.54, 1.807) is 30.0 Å². The number of carbonyl (C=O) groups is 2. The van der Waals surface area contributed by atoms with Gasteiger partial charge in [0.15, 0.2) is 4.67 Å². The number of rotatable bonds is 6. The molecule has 1 saturated carbocycles. The third-order valence-corrected chi connectivity index (χ3v) is 3.29. The Bertz CT molecular complexity index is 519. The van der Waals surface area contributed by atoms with Crippen LogP contribution in [-0.4, -0.2) is 36.0 Å². The van der Waals surface area contributed by atoms with E-state index in [9.17, 15) is 9.59 Å². The molecule has 5 nitrogen and oxygen atoms in total. The summed E-state index contributed by atoms with van der Waals surface area (Å²) in [4.78, 5) is 25.2. The van der Waals surface area contributed by atoms with Gasteiger partial charge in [-0.05, 0) is 53.9 Å². The van der Waals surface area contributed by atoms with Crippen molar-refractivity contribution >= 4 is 33.9 Å². The number of ether oxygens (including phenoxy) is 1. The minimum absolute atomic E-state index is 0.00350. The first-order chi connectivity index (χ1) is 9.60. The highest BCUT2D eigenvalue weighted by Crippen LogP contribution is 2.27. The maximum Gasteiger partial charge on any atom is 0.325 e. The quantitative estimate of drug-likeness (QED) is 0.589. The molecule has 1 amide bonds. The number of hydrogen-bond acceptors (Lipinski definition) is 4. The van der Waals surface area contributed by atoms with Crippen LogP contribution in [0.15, 0.2) is 27.3 Å². The molecule has 1 aliphatic rings. The predicted molar refractivity (Wildman–Crippen MR) is 76.8 cm³/mol. The standard InChI is InChI=1S/C14H16BrNO4/c1-2-19-14(18)9-16(10-3-4-10)13(17)8-6-11-5-7-12(15)20-11/h5-8,10H,2-4,9H2,1H3. The summed E-state index contributed by atoms with van der Waals surface area (Å²) < 4.78 is 10.8. The maximum absolute atomic E-state index is 12.1. The van der Waals surface area contributed by atoms with Crippen molar-refractivity contribution in [2.24, 2.45) is 0 Å². The molecule has 1 aromatic rings. The zero-order chi connectivity index (χ0) is 14.5. The fourth-order valence-corrected chi connectivity index (χ4v) is 2.10. The summed E-state index contributed by atoms with van der Waals surface area (Å²) in [5.41, 5.74) is 0. The van der Waals surface area contributed by atoms with Crippen molar-refractivity contribution in [2.45, 2.75) is 25.8 Å². The Hall–Kier alpha value is -1.56. The van der Waals surface area contributed by atoms with Crippen LogP contribution in [0.5, 0.6) is 0 Å². The maximum atomic E-state index is 12.1. The Morgan fingerprint density at radius 2 is 2.25 bits per heavy atom. The third kappa shape index (κ3) is 4.23. The summed E-state index contributed by atoms with van der Waals surface area (Å²) in [6.45, 7) is 2.07. The molecule has 0 bridgehead atoms. The van der Waals surface area contributed by atoms with Crippen LogP contribution in [0.1, 0.15) is 25.5 Å². The average Bonchev–Trinajstić information content (AvgIpc) is 3.16. The Morgan fingerprint density at radius 1 is 1.50 bits per heavy atom. The molecular formula is C14H16BrNO4. The van der Waals surface area contributed by atoms with Crippen LogP contribution in [0, 0.1) is 0 Å². The first-order valence-corrected chi connectivity index (χ1v) is 7.29. The van der Waals surface area contributed by atoms with E-state index in [0.29, 0.717) is 17.0 Å². The molecule has 0 radical (unpaired) electrons. The Kier molecular flexibility index (Phi) is 5.00. The topological polar surface area (TPSA) is 59.8 Å². The number of halogens is 1. The first-order valence-electron chi connectivity index (χ1n) is 6.49. The molecule has 1 aliphatic carbocycles. The zero-order valence-corrected chi connectivity index (χ0v) is 12.8. The second kappa shape index (κ2) is 6.74. The van der Waals surface area contributed by atoms with E-state index in [4.69, 9.17) is 9.15 Å². The Balaban J connectivity index is 1.96. The Morgan fingerprint density at radius 3 is 2.80 bits per heavy atom. The molecule has 0 atom stereocenters. The van der Waals surface area contributed by atoms with Gasteiger partial charge in [-0.3, -0.25) is 9.59 Å². The summed E-state index contributed by atoms with van der Waals surface area (Å²) in [6.07, 6.45) is 4.88. The fourth-order valence-electron chi connectivity index (χ4n) is 1.79. The van der Waals surface area contributed by atoms with Gasteiger partial charge in [-0.1, -0.05) is 0 Å². The molecule has 1 fully saturated rings.